The lowest BCUT2D eigenvalue weighted by Crippen LogP contribution is -2.24. The number of nitrogens with zero attached hydrogens (tertiary/aromatic N) is 3. The van der Waals surface area contributed by atoms with Crippen molar-refractivity contribution >= 4 is 52.1 Å². The molecule has 1 aliphatic heterocycles. The Hall–Kier alpha value is -3.02. The van der Waals surface area contributed by atoms with Crippen molar-refractivity contribution in [3.63, 3.8) is 0 Å². The second kappa shape index (κ2) is 9.23. The van der Waals surface area contributed by atoms with Crippen LogP contribution >= 0.6 is 23.1 Å². The van der Waals surface area contributed by atoms with Crippen molar-refractivity contribution in [1.82, 2.24) is 9.36 Å². The van der Waals surface area contributed by atoms with Crippen molar-refractivity contribution in [2.24, 2.45) is 0 Å². The number of halogens is 3. The number of anilines is 4. The molecule has 3 aromatic rings. The minimum atomic E-state index is -3.82. The standard InChI is InChI=1S/C20H18ClF2N5O3S/c21-20(22,23)31-15-3-1-13(2-4-15)25-19(30)12-9-16(26-17-6-8-32-27-17)18(24-10-12)28-7-5-14(29)11-28/h1-4,6,8-10,14,29H,5,7,11H2,(H,25,30)(H,26,27)/t14-/m1/s1. The molecule has 1 fully saturated rings. The lowest BCUT2D eigenvalue weighted by atomic mass is 10.2. The summed E-state index contributed by atoms with van der Waals surface area (Å²) in [5, 5.41) is 17.5. The molecular formula is C20H18ClF2N5O3S. The number of rotatable bonds is 7. The fourth-order valence-corrected chi connectivity index (χ4v) is 3.78. The van der Waals surface area contributed by atoms with Crippen LogP contribution in [0.2, 0.25) is 0 Å². The SMILES string of the molecule is O=C(Nc1ccc(OC(F)(F)Cl)cc1)c1cnc(N2CC[C@@H](O)C2)c(Nc2ccsn2)c1. The number of alkyl halides is 3. The molecule has 0 unspecified atom stereocenters. The number of amides is 1. The van der Waals surface area contributed by atoms with E-state index < -0.39 is 17.6 Å². The Labute approximate surface area is 191 Å². The minimum Gasteiger partial charge on any atom is -0.420 e. The van der Waals surface area contributed by atoms with Crippen LogP contribution in [0.5, 0.6) is 5.75 Å². The Morgan fingerprint density at radius 3 is 2.72 bits per heavy atom. The van der Waals surface area contributed by atoms with Crippen LogP contribution in [0, 0.1) is 0 Å². The molecule has 1 aromatic carbocycles. The number of aromatic nitrogens is 2. The van der Waals surface area contributed by atoms with Crippen LogP contribution in [-0.2, 0) is 0 Å². The Morgan fingerprint density at radius 1 is 1.31 bits per heavy atom. The first kappa shape index (κ1) is 22.2. The van der Waals surface area contributed by atoms with Gasteiger partial charge in [0.1, 0.15) is 11.6 Å². The number of pyridine rings is 1. The van der Waals surface area contributed by atoms with Gasteiger partial charge in [0.25, 0.3) is 5.91 Å². The zero-order chi connectivity index (χ0) is 22.7. The predicted molar refractivity (Wildman–Crippen MR) is 118 cm³/mol. The quantitative estimate of drug-likeness (QED) is 0.433. The fraction of sp³-hybridized carbons (Fsp3) is 0.250. The van der Waals surface area contributed by atoms with Gasteiger partial charge in [-0.05, 0) is 54.4 Å². The maximum Gasteiger partial charge on any atom is 0.487 e. The maximum atomic E-state index is 12.7. The summed E-state index contributed by atoms with van der Waals surface area (Å²) in [6.45, 7) is 1.08. The smallest absolute Gasteiger partial charge is 0.420 e. The number of benzene rings is 1. The normalized spacial score (nSPS) is 16.1. The number of nitrogens with one attached hydrogen (secondary N) is 2. The molecule has 0 radical (unpaired) electrons. The Balaban J connectivity index is 1.53. The van der Waals surface area contributed by atoms with Crippen molar-refractivity contribution in [1.29, 1.82) is 0 Å². The maximum absolute atomic E-state index is 12.7. The van der Waals surface area contributed by atoms with Gasteiger partial charge in [-0.15, -0.1) is 8.78 Å². The monoisotopic (exact) mass is 481 g/mol. The molecule has 168 valence electrons. The molecule has 0 bridgehead atoms. The lowest BCUT2D eigenvalue weighted by molar-refractivity contribution is -0.0964. The first-order chi connectivity index (χ1) is 15.3. The van der Waals surface area contributed by atoms with Gasteiger partial charge < -0.3 is 25.4 Å². The molecule has 0 aliphatic carbocycles. The first-order valence-electron chi connectivity index (χ1n) is 9.54. The summed E-state index contributed by atoms with van der Waals surface area (Å²) < 4.78 is 33.9. The van der Waals surface area contributed by atoms with Gasteiger partial charge in [0, 0.05) is 42.0 Å². The molecule has 3 N–H and O–H groups in total. The van der Waals surface area contributed by atoms with Crippen molar-refractivity contribution in [2.45, 2.75) is 18.1 Å². The summed E-state index contributed by atoms with van der Waals surface area (Å²) in [5.74, 6) is 0.636. The van der Waals surface area contributed by atoms with Gasteiger partial charge in [-0.2, -0.15) is 4.37 Å². The van der Waals surface area contributed by atoms with E-state index in [2.05, 4.69) is 24.7 Å². The van der Waals surface area contributed by atoms with E-state index in [-0.39, 0.29) is 11.3 Å². The Bertz CT molecular complexity index is 1080. The minimum absolute atomic E-state index is 0.142. The number of aliphatic hydroxyl groups excluding tert-OH is 1. The second-order valence-corrected chi connectivity index (χ2v) is 8.13. The van der Waals surface area contributed by atoms with Crippen molar-refractivity contribution in [3.8, 4) is 5.75 Å². The van der Waals surface area contributed by atoms with Crippen LogP contribution in [0.3, 0.4) is 0 Å². The topological polar surface area (TPSA) is 99.6 Å². The predicted octanol–water partition coefficient (Wildman–Crippen LogP) is 4.27. The molecule has 1 atom stereocenters. The molecule has 2 aromatic heterocycles. The van der Waals surface area contributed by atoms with E-state index in [1.54, 1.807) is 12.1 Å². The first-order valence-corrected chi connectivity index (χ1v) is 10.8. The van der Waals surface area contributed by atoms with E-state index in [1.165, 1.54) is 42.0 Å². The van der Waals surface area contributed by atoms with Crippen LogP contribution in [0.1, 0.15) is 16.8 Å². The van der Waals surface area contributed by atoms with Gasteiger partial charge in [-0.1, -0.05) is 0 Å². The van der Waals surface area contributed by atoms with Gasteiger partial charge in [0.15, 0.2) is 5.82 Å². The number of hydrogen-bond acceptors (Lipinski definition) is 8. The number of carbonyl (C=O) groups is 1. The van der Waals surface area contributed by atoms with Gasteiger partial charge >= 0.3 is 5.57 Å². The molecule has 1 aliphatic rings. The van der Waals surface area contributed by atoms with Crippen LogP contribution in [0.25, 0.3) is 0 Å². The Morgan fingerprint density at radius 2 is 2.09 bits per heavy atom. The molecule has 32 heavy (non-hydrogen) atoms. The highest BCUT2D eigenvalue weighted by atomic mass is 35.5. The van der Waals surface area contributed by atoms with E-state index >= 15 is 0 Å². The van der Waals surface area contributed by atoms with Crippen molar-refractivity contribution in [3.05, 3.63) is 53.5 Å². The van der Waals surface area contributed by atoms with E-state index in [9.17, 15) is 18.7 Å². The summed E-state index contributed by atoms with van der Waals surface area (Å²) in [6, 6.07) is 8.80. The van der Waals surface area contributed by atoms with E-state index in [0.29, 0.717) is 42.5 Å². The zero-order valence-electron chi connectivity index (χ0n) is 16.5. The van der Waals surface area contributed by atoms with E-state index in [0.717, 1.165) is 0 Å². The number of hydrogen-bond donors (Lipinski definition) is 3. The molecule has 0 spiro atoms. The highest BCUT2D eigenvalue weighted by molar-refractivity contribution is 7.03. The average Bonchev–Trinajstić information content (AvgIpc) is 3.40. The largest absolute Gasteiger partial charge is 0.487 e. The summed E-state index contributed by atoms with van der Waals surface area (Å²) in [4.78, 5) is 19.1. The fourth-order valence-electron chi connectivity index (χ4n) is 3.22. The molecule has 4 rings (SSSR count). The second-order valence-electron chi connectivity index (χ2n) is 7.02. The van der Waals surface area contributed by atoms with Crippen LogP contribution in [0.4, 0.5) is 31.8 Å². The van der Waals surface area contributed by atoms with Gasteiger partial charge in [-0.3, -0.25) is 4.79 Å². The highest BCUT2D eigenvalue weighted by Gasteiger charge is 2.27. The lowest BCUT2D eigenvalue weighted by Gasteiger charge is -2.21. The van der Waals surface area contributed by atoms with Crippen LogP contribution in [-0.4, -0.2) is 45.1 Å². The summed E-state index contributed by atoms with van der Waals surface area (Å²) in [7, 11) is 0. The van der Waals surface area contributed by atoms with Gasteiger partial charge in [0.2, 0.25) is 0 Å². The third-order valence-electron chi connectivity index (χ3n) is 4.64. The zero-order valence-corrected chi connectivity index (χ0v) is 18.0. The van der Waals surface area contributed by atoms with Crippen LogP contribution in [0.15, 0.2) is 48.0 Å². The molecule has 12 heteroatoms. The number of β-amino-alcohol motifs (C(OH)–C–C–N with tert-alkyl or cyclic N) is 1. The molecule has 1 amide bonds. The third-order valence-corrected chi connectivity index (χ3v) is 5.28. The summed E-state index contributed by atoms with van der Waals surface area (Å²) in [5.41, 5.74) is -2.59. The average molecular weight is 482 g/mol. The van der Waals surface area contributed by atoms with E-state index in [1.807, 2.05) is 10.3 Å². The van der Waals surface area contributed by atoms with Crippen molar-refractivity contribution < 1.29 is 23.4 Å². The van der Waals surface area contributed by atoms with Gasteiger partial charge in [-0.25, -0.2) is 4.98 Å². The number of aliphatic hydroxyl groups is 1. The number of carbonyl (C=O) groups excluding carboxylic acids is 1. The molecular weight excluding hydrogens is 464 g/mol. The summed E-state index contributed by atoms with van der Waals surface area (Å²) in [6.07, 6.45) is 1.64. The highest BCUT2D eigenvalue weighted by Crippen LogP contribution is 2.31. The molecule has 1 saturated heterocycles. The Kier molecular flexibility index (Phi) is 6.40. The molecule has 3 heterocycles. The molecule has 8 nitrogen and oxygen atoms in total. The summed E-state index contributed by atoms with van der Waals surface area (Å²) >= 11 is 6.03. The number of ether oxygens (including phenoxy) is 1. The van der Waals surface area contributed by atoms with E-state index in [4.69, 9.17) is 11.6 Å². The van der Waals surface area contributed by atoms with Crippen molar-refractivity contribution in [2.75, 3.05) is 28.6 Å². The molecule has 0 saturated carbocycles. The third kappa shape index (κ3) is 5.61. The van der Waals surface area contributed by atoms with Crippen LogP contribution < -0.4 is 20.3 Å². The van der Waals surface area contributed by atoms with Gasteiger partial charge in [0.05, 0.1) is 17.4 Å².